The molecule has 0 saturated carbocycles. The van der Waals surface area contributed by atoms with Gasteiger partial charge < -0.3 is 20.3 Å². The van der Waals surface area contributed by atoms with Gasteiger partial charge in [-0.3, -0.25) is 4.79 Å². The lowest BCUT2D eigenvalue weighted by Gasteiger charge is -2.24. The molecule has 0 heterocycles. The maximum Gasteiger partial charge on any atom is 0.329 e. The number of hydrogen-bond donors (Lipinski definition) is 3. The second-order valence-corrected chi connectivity index (χ2v) is 7.89. The Hall–Kier alpha value is -1.56. The number of rotatable bonds is 7. The quantitative estimate of drug-likeness (QED) is 0.352. The number of carboxylic acid groups (broad SMARTS) is 1. The van der Waals surface area contributed by atoms with Crippen LogP contribution in [0.1, 0.15) is 12.5 Å². The fraction of sp³-hybridized carbons (Fsp3) is 0.176. The Balaban J connectivity index is 2.28. The van der Waals surface area contributed by atoms with Crippen LogP contribution in [0.2, 0.25) is 0 Å². The molecule has 0 fully saturated rings. The molecule has 1 amide bonds. The van der Waals surface area contributed by atoms with Crippen LogP contribution in [-0.2, 0) is 16.0 Å². The first-order valence-electron chi connectivity index (χ1n) is 7.15. The molecule has 0 spiro atoms. The summed E-state index contributed by atoms with van der Waals surface area (Å²) in [7, 11) is 0. The number of ether oxygens (including phenoxy) is 1. The Morgan fingerprint density at radius 2 is 1.80 bits per heavy atom. The molecule has 0 bridgehead atoms. The number of nitrogens with one attached hydrogen (secondary N) is 1. The number of hydrogen-bond acceptors (Lipinski definition) is 4. The molecule has 8 heteroatoms. The highest BCUT2D eigenvalue weighted by Gasteiger charge is 2.33. The van der Waals surface area contributed by atoms with Crippen LogP contribution in [0.15, 0.2) is 36.4 Å². The number of benzene rings is 2. The molecule has 6 nitrogen and oxygen atoms in total. The summed E-state index contributed by atoms with van der Waals surface area (Å²) in [5.74, 6) is 0.284. The Labute approximate surface area is 171 Å². The number of phenolic OH excluding ortho intramolecular Hbond substituents is 1. The third kappa shape index (κ3) is 4.97. The van der Waals surface area contributed by atoms with E-state index in [2.05, 4.69) is 50.5 Å². The Morgan fingerprint density at radius 1 is 1.24 bits per heavy atom. The second-order valence-electron chi connectivity index (χ2n) is 5.56. The molecule has 25 heavy (non-hydrogen) atoms. The van der Waals surface area contributed by atoms with Crippen molar-refractivity contribution < 1.29 is 24.5 Å². The van der Waals surface area contributed by atoms with Gasteiger partial charge in [0.2, 0.25) is 6.41 Å². The zero-order valence-electron chi connectivity index (χ0n) is 13.1. The second kappa shape index (κ2) is 8.21. The minimum Gasteiger partial charge on any atom is -0.508 e. The molecule has 132 valence electrons. The van der Waals surface area contributed by atoms with E-state index in [1.54, 1.807) is 12.1 Å². The number of carboxylic acids is 1. The van der Waals surface area contributed by atoms with Gasteiger partial charge in [0.1, 0.15) is 17.0 Å². The summed E-state index contributed by atoms with van der Waals surface area (Å²) >= 11 is 4.24. The molecule has 2 rings (SSSR count). The third-order valence-corrected chi connectivity index (χ3v) is 5.12. The van der Waals surface area contributed by atoms with Gasteiger partial charge in [-0.2, -0.15) is 0 Å². The van der Waals surface area contributed by atoms with E-state index >= 15 is 0 Å². The SMILES string of the molecule is C[C@@](Cc1cc(I)c(Oc2ccc(O)cc2)c(I)c1)(NC=O)C(=O)O. The van der Waals surface area contributed by atoms with E-state index in [-0.39, 0.29) is 12.2 Å². The number of amides is 1. The highest BCUT2D eigenvalue weighted by molar-refractivity contribution is 14.1. The van der Waals surface area contributed by atoms with Crippen molar-refractivity contribution in [1.82, 2.24) is 5.32 Å². The largest absolute Gasteiger partial charge is 0.508 e. The smallest absolute Gasteiger partial charge is 0.329 e. The molecule has 0 unspecified atom stereocenters. The van der Waals surface area contributed by atoms with E-state index in [1.165, 1.54) is 19.1 Å². The molecule has 0 radical (unpaired) electrons. The fourth-order valence-electron chi connectivity index (χ4n) is 2.17. The zero-order valence-corrected chi connectivity index (χ0v) is 17.4. The van der Waals surface area contributed by atoms with Crippen molar-refractivity contribution in [2.24, 2.45) is 0 Å². The van der Waals surface area contributed by atoms with Gasteiger partial charge in [-0.05, 0) is 94.1 Å². The van der Waals surface area contributed by atoms with Gasteiger partial charge in [0, 0.05) is 6.42 Å². The van der Waals surface area contributed by atoms with E-state index in [9.17, 15) is 19.8 Å². The average Bonchev–Trinajstić information content (AvgIpc) is 2.52. The molecule has 0 aliphatic rings. The lowest BCUT2D eigenvalue weighted by molar-refractivity contribution is -0.145. The van der Waals surface area contributed by atoms with Gasteiger partial charge in [0.15, 0.2) is 5.75 Å². The van der Waals surface area contributed by atoms with Crippen LogP contribution in [0, 0.1) is 7.14 Å². The van der Waals surface area contributed by atoms with Gasteiger partial charge in [0.05, 0.1) is 7.14 Å². The standard InChI is InChI=1S/C17H15I2NO5/c1-17(16(23)24,20-9-21)8-10-6-13(18)15(14(19)7-10)25-12-4-2-11(22)3-5-12/h2-7,9,22H,8H2,1H3,(H,20,21)(H,23,24)/t17-/m0/s1. The van der Waals surface area contributed by atoms with E-state index in [0.717, 1.165) is 12.7 Å². The van der Waals surface area contributed by atoms with Gasteiger partial charge in [0.25, 0.3) is 0 Å². The summed E-state index contributed by atoms with van der Waals surface area (Å²) in [6, 6.07) is 10.0. The molecule has 0 aromatic heterocycles. The predicted molar refractivity (Wildman–Crippen MR) is 109 cm³/mol. The summed E-state index contributed by atoms with van der Waals surface area (Å²) in [4.78, 5) is 22.2. The number of carbonyl (C=O) groups excluding carboxylic acids is 1. The molecule has 2 aromatic rings. The molecule has 1 atom stereocenters. The molecule has 0 aliphatic heterocycles. The number of aliphatic carboxylic acids is 1. The van der Waals surface area contributed by atoms with Gasteiger partial charge in [-0.1, -0.05) is 0 Å². The van der Waals surface area contributed by atoms with Crippen LogP contribution in [0.5, 0.6) is 17.2 Å². The first-order valence-corrected chi connectivity index (χ1v) is 9.30. The van der Waals surface area contributed by atoms with Crippen molar-refractivity contribution in [1.29, 1.82) is 0 Å². The fourth-order valence-corrected chi connectivity index (χ4v) is 4.29. The van der Waals surface area contributed by atoms with Gasteiger partial charge >= 0.3 is 5.97 Å². The van der Waals surface area contributed by atoms with Crippen LogP contribution >= 0.6 is 45.2 Å². The first kappa shape index (κ1) is 19.8. The Kier molecular flexibility index (Phi) is 6.49. The molecule has 3 N–H and O–H groups in total. The maximum atomic E-state index is 11.5. The zero-order chi connectivity index (χ0) is 18.6. The van der Waals surface area contributed by atoms with Crippen molar-refractivity contribution in [3.05, 3.63) is 49.1 Å². The monoisotopic (exact) mass is 567 g/mol. The van der Waals surface area contributed by atoms with Crippen LogP contribution in [-0.4, -0.2) is 28.1 Å². The third-order valence-electron chi connectivity index (χ3n) is 3.52. The lowest BCUT2D eigenvalue weighted by Crippen LogP contribution is -2.50. The van der Waals surface area contributed by atoms with Crippen molar-refractivity contribution in [2.45, 2.75) is 18.9 Å². The molecule has 0 aliphatic carbocycles. The van der Waals surface area contributed by atoms with E-state index in [0.29, 0.717) is 17.9 Å². The number of halogens is 2. The van der Waals surface area contributed by atoms with Gasteiger partial charge in [-0.15, -0.1) is 0 Å². The molecular weight excluding hydrogens is 552 g/mol. The van der Waals surface area contributed by atoms with Crippen molar-refractivity contribution >= 4 is 57.6 Å². The molecular formula is C17H15I2NO5. The molecule has 0 saturated heterocycles. The number of carbonyl (C=O) groups is 2. The average molecular weight is 567 g/mol. The minimum atomic E-state index is -1.38. The van der Waals surface area contributed by atoms with Crippen LogP contribution in [0.3, 0.4) is 0 Å². The summed E-state index contributed by atoms with van der Waals surface area (Å²) in [6.07, 6.45) is 0.541. The predicted octanol–water partition coefficient (Wildman–Crippen LogP) is 3.53. The van der Waals surface area contributed by atoms with Crippen LogP contribution in [0.4, 0.5) is 0 Å². The van der Waals surface area contributed by atoms with E-state index in [4.69, 9.17) is 4.74 Å². The summed E-state index contributed by atoms with van der Waals surface area (Å²) in [6.45, 7) is 1.46. The van der Waals surface area contributed by atoms with E-state index in [1.807, 2.05) is 12.1 Å². The van der Waals surface area contributed by atoms with E-state index < -0.39 is 11.5 Å². The highest BCUT2D eigenvalue weighted by atomic mass is 127. The van der Waals surface area contributed by atoms with Crippen LogP contribution in [0.25, 0.3) is 0 Å². The summed E-state index contributed by atoms with van der Waals surface area (Å²) in [5, 5.41) is 21.1. The minimum absolute atomic E-state index is 0.145. The Morgan fingerprint density at radius 3 is 2.28 bits per heavy atom. The number of phenols is 1. The topological polar surface area (TPSA) is 95.9 Å². The number of aromatic hydroxyl groups is 1. The summed E-state index contributed by atoms with van der Waals surface area (Å²) in [5.41, 5.74) is -0.612. The highest BCUT2D eigenvalue weighted by Crippen LogP contribution is 2.34. The van der Waals surface area contributed by atoms with Crippen molar-refractivity contribution in [3.8, 4) is 17.2 Å². The van der Waals surface area contributed by atoms with Crippen molar-refractivity contribution in [3.63, 3.8) is 0 Å². The normalized spacial score (nSPS) is 12.9. The van der Waals surface area contributed by atoms with Crippen molar-refractivity contribution in [2.75, 3.05) is 0 Å². The Bertz CT molecular complexity index is 771. The van der Waals surface area contributed by atoms with Crippen LogP contribution < -0.4 is 10.1 Å². The molecule has 2 aromatic carbocycles. The maximum absolute atomic E-state index is 11.5. The first-order chi connectivity index (χ1) is 11.7. The lowest BCUT2D eigenvalue weighted by atomic mass is 9.93. The summed E-state index contributed by atoms with van der Waals surface area (Å²) < 4.78 is 7.48. The van der Waals surface area contributed by atoms with Gasteiger partial charge in [-0.25, -0.2) is 4.79 Å².